The third-order valence-electron chi connectivity index (χ3n) is 4.05. The molecule has 0 aliphatic heterocycles. The molecular weight excluding hydrogens is 346 g/mol. The lowest BCUT2D eigenvalue weighted by Gasteiger charge is -2.12. The van der Waals surface area contributed by atoms with Gasteiger partial charge in [0.1, 0.15) is 5.75 Å². The predicted octanol–water partition coefficient (Wildman–Crippen LogP) is 4.58. The maximum absolute atomic E-state index is 12.3. The number of nitrogens with one attached hydrogen (secondary N) is 1. The fraction of sp³-hybridized carbons (Fsp3) is 0.429. The van der Waals surface area contributed by atoms with E-state index >= 15 is 0 Å². The molecule has 0 aliphatic rings. The van der Waals surface area contributed by atoms with Crippen LogP contribution in [0.1, 0.15) is 61.7 Å². The Morgan fingerprint density at radius 2 is 1.89 bits per heavy atom. The maximum Gasteiger partial charge on any atom is 0.307 e. The van der Waals surface area contributed by atoms with Crippen molar-refractivity contribution in [3.63, 3.8) is 0 Å². The number of furan rings is 1. The number of rotatable bonds is 8. The average Bonchev–Trinajstić information content (AvgIpc) is 3.05. The number of benzene rings is 1. The van der Waals surface area contributed by atoms with Crippen molar-refractivity contribution in [3.8, 4) is 11.7 Å². The zero-order chi connectivity index (χ0) is 20.0. The fourth-order valence-electron chi connectivity index (χ4n) is 2.51. The first-order valence-electron chi connectivity index (χ1n) is 9.14. The van der Waals surface area contributed by atoms with Gasteiger partial charge in [-0.1, -0.05) is 26.0 Å². The van der Waals surface area contributed by atoms with Crippen LogP contribution in [0.25, 0.3) is 0 Å². The quantitative estimate of drug-likeness (QED) is 0.686. The van der Waals surface area contributed by atoms with Crippen molar-refractivity contribution in [2.45, 2.75) is 53.0 Å². The molecule has 146 valence electrons. The molecule has 1 unspecified atom stereocenters. The van der Waals surface area contributed by atoms with Gasteiger partial charge in [-0.15, -0.1) is 0 Å². The summed E-state index contributed by atoms with van der Waals surface area (Å²) in [6.07, 6.45) is 0.102. The predicted molar refractivity (Wildman–Crippen MR) is 102 cm³/mol. The highest BCUT2D eigenvalue weighted by atomic mass is 16.6. The summed E-state index contributed by atoms with van der Waals surface area (Å²) in [7, 11) is 0. The number of carbonyl (C=O) groups excluding carboxylic acids is 2. The monoisotopic (exact) mass is 373 g/mol. The Kier molecular flexibility index (Phi) is 7.05. The van der Waals surface area contributed by atoms with Crippen molar-refractivity contribution in [1.29, 1.82) is 0 Å². The van der Waals surface area contributed by atoms with Crippen molar-refractivity contribution in [3.05, 3.63) is 47.2 Å². The minimum atomic E-state index is -0.408. The Balaban J connectivity index is 2.01. The molecule has 1 aromatic heterocycles. The largest absolute Gasteiger partial charge is 0.466 e. The van der Waals surface area contributed by atoms with Crippen LogP contribution in [0.3, 0.4) is 0 Å². The lowest BCUT2D eigenvalue weighted by atomic mass is 10.0. The van der Waals surface area contributed by atoms with Crippen LogP contribution in [-0.4, -0.2) is 24.5 Å². The zero-order valence-corrected chi connectivity index (χ0v) is 16.5. The van der Waals surface area contributed by atoms with Crippen LogP contribution in [0.5, 0.6) is 11.7 Å². The molecule has 0 aliphatic carbocycles. The number of esters is 1. The van der Waals surface area contributed by atoms with Gasteiger partial charge in [0.05, 0.1) is 13.0 Å². The lowest BCUT2D eigenvalue weighted by Crippen LogP contribution is -2.34. The molecule has 1 aromatic carbocycles. The number of carbonyl (C=O) groups is 2. The van der Waals surface area contributed by atoms with Gasteiger partial charge in [0, 0.05) is 12.1 Å². The van der Waals surface area contributed by atoms with Crippen molar-refractivity contribution < 1.29 is 23.5 Å². The first kappa shape index (κ1) is 20.6. The van der Waals surface area contributed by atoms with Gasteiger partial charge >= 0.3 is 5.97 Å². The molecule has 2 aromatic rings. The van der Waals surface area contributed by atoms with Crippen molar-refractivity contribution >= 4 is 11.9 Å². The van der Waals surface area contributed by atoms with Gasteiger partial charge in [0.25, 0.3) is 11.9 Å². The third-order valence-corrected chi connectivity index (χ3v) is 4.05. The normalized spacial score (nSPS) is 11.9. The van der Waals surface area contributed by atoms with Crippen molar-refractivity contribution in [1.82, 2.24) is 5.32 Å². The van der Waals surface area contributed by atoms with E-state index in [1.165, 1.54) is 0 Å². The number of amides is 1. The summed E-state index contributed by atoms with van der Waals surface area (Å²) in [5, 5.41) is 2.71. The summed E-state index contributed by atoms with van der Waals surface area (Å²) >= 11 is 0. The van der Waals surface area contributed by atoms with Crippen molar-refractivity contribution in [2.75, 3.05) is 6.61 Å². The summed E-state index contributed by atoms with van der Waals surface area (Å²) in [4.78, 5) is 23.7. The van der Waals surface area contributed by atoms with Gasteiger partial charge in [-0.2, -0.15) is 0 Å². The molecule has 0 saturated heterocycles. The Labute approximate surface area is 159 Å². The van der Waals surface area contributed by atoms with E-state index in [1.807, 2.05) is 19.1 Å². The first-order chi connectivity index (χ1) is 12.8. The molecule has 1 N–H and O–H groups in total. The molecule has 0 radical (unpaired) electrons. The van der Waals surface area contributed by atoms with Gasteiger partial charge in [-0.3, -0.25) is 9.59 Å². The Morgan fingerprint density at radius 3 is 2.56 bits per heavy atom. The molecule has 1 heterocycles. The van der Waals surface area contributed by atoms with Crippen molar-refractivity contribution in [2.24, 2.45) is 0 Å². The van der Waals surface area contributed by atoms with E-state index in [0.717, 1.165) is 11.1 Å². The van der Waals surface area contributed by atoms with Crippen LogP contribution >= 0.6 is 0 Å². The minimum absolute atomic E-state index is 0.102. The molecular formula is C21H27NO5. The van der Waals surface area contributed by atoms with E-state index in [1.54, 1.807) is 26.0 Å². The van der Waals surface area contributed by atoms with Gasteiger partial charge in [-0.25, -0.2) is 0 Å². The van der Waals surface area contributed by atoms with E-state index in [0.29, 0.717) is 18.3 Å². The average molecular weight is 373 g/mol. The number of hydrogen-bond acceptors (Lipinski definition) is 5. The molecule has 1 amide bonds. The molecule has 6 heteroatoms. The summed E-state index contributed by atoms with van der Waals surface area (Å²) in [5.74, 6) is 0.675. The van der Waals surface area contributed by atoms with Crippen LogP contribution in [0.15, 0.2) is 34.7 Å². The van der Waals surface area contributed by atoms with E-state index in [-0.39, 0.29) is 30.1 Å². The Morgan fingerprint density at radius 1 is 1.15 bits per heavy atom. The van der Waals surface area contributed by atoms with E-state index in [4.69, 9.17) is 13.9 Å². The number of aryl methyl sites for hydroxylation is 1. The molecule has 0 spiro atoms. The maximum atomic E-state index is 12.3. The smallest absolute Gasteiger partial charge is 0.307 e. The second-order valence-electron chi connectivity index (χ2n) is 6.78. The van der Waals surface area contributed by atoms with E-state index < -0.39 is 5.91 Å². The Bertz CT molecular complexity index is 794. The van der Waals surface area contributed by atoms with Gasteiger partial charge in [-0.05, 0) is 49.9 Å². The Hall–Kier alpha value is -2.76. The highest BCUT2D eigenvalue weighted by Gasteiger charge is 2.17. The SMILES string of the molecule is CCOC(=O)CC(C)NC(=O)c1ccc(Oc2cc(C(C)C)ccc2C)o1. The topological polar surface area (TPSA) is 77.8 Å². The second kappa shape index (κ2) is 9.26. The third kappa shape index (κ3) is 5.88. The standard InChI is InChI=1S/C21H27NO5/c1-6-25-19(23)11-15(5)22-21(24)17-9-10-20(26-17)27-18-12-16(13(2)3)8-7-14(18)4/h7-10,12-13,15H,6,11H2,1-5H3,(H,22,24). The van der Waals surface area contributed by atoms with Crippen LogP contribution in [0, 0.1) is 6.92 Å². The molecule has 27 heavy (non-hydrogen) atoms. The van der Waals surface area contributed by atoms with Crippen LogP contribution < -0.4 is 10.1 Å². The summed E-state index contributed by atoms with van der Waals surface area (Å²) in [6.45, 7) is 9.96. The summed E-state index contributed by atoms with van der Waals surface area (Å²) in [6, 6.07) is 8.83. The molecule has 0 bridgehead atoms. The number of hydrogen-bond donors (Lipinski definition) is 1. The molecule has 0 fully saturated rings. The van der Waals surface area contributed by atoms with Gasteiger partial charge in [0.15, 0.2) is 5.76 Å². The summed E-state index contributed by atoms with van der Waals surface area (Å²) < 4.78 is 16.2. The van der Waals surface area contributed by atoms with Crippen LogP contribution in [0.4, 0.5) is 0 Å². The van der Waals surface area contributed by atoms with Crippen LogP contribution in [0.2, 0.25) is 0 Å². The molecule has 6 nitrogen and oxygen atoms in total. The highest BCUT2D eigenvalue weighted by Crippen LogP contribution is 2.29. The van der Waals surface area contributed by atoms with E-state index in [9.17, 15) is 9.59 Å². The van der Waals surface area contributed by atoms with Gasteiger partial charge < -0.3 is 19.2 Å². The first-order valence-corrected chi connectivity index (χ1v) is 9.14. The van der Waals surface area contributed by atoms with Gasteiger partial charge in [0.2, 0.25) is 0 Å². The molecule has 2 rings (SSSR count). The summed E-state index contributed by atoms with van der Waals surface area (Å²) in [5.41, 5.74) is 2.14. The second-order valence-corrected chi connectivity index (χ2v) is 6.78. The van der Waals surface area contributed by atoms with Crippen LogP contribution in [-0.2, 0) is 9.53 Å². The lowest BCUT2D eigenvalue weighted by molar-refractivity contribution is -0.143. The zero-order valence-electron chi connectivity index (χ0n) is 16.5. The molecule has 0 saturated carbocycles. The number of ether oxygens (including phenoxy) is 2. The fourth-order valence-corrected chi connectivity index (χ4v) is 2.51. The molecule has 1 atom stereocenters. The highest BCUT2D eigenvalue weighted by molar-refractivity contribution is 5.92. The minimum Gasteiger partial charge on any atom is -0.466 e. The van der Waals surface area contributed by atoms with E-state index in [2.05, 4.69) is 25.2 Å².